The number of rotatable bonds is 5. The number of hydrogen-bond acceptors (Lipinski definition) is 2. The minimum atomic E-state index is -1.80. The average Bonchev–Trinajstić information content (AvgIpc) is 2.59. The summed E-state index contributed by atoms with van der Waals surface area (Å²) in [5, 5.41) is 14.3. The fourth-order valence-corrected chi connectivity index (χ4v) is 3.46. The molecule has 2 aromatic rings. The van der Waals surface area contributed by atoms with Gasteiger partial charge >= 0.3 is 5.97 Å². The Bertz CT molecular complexity index is 932. The van der Waals surface area contributed by atoms with Gasteiger partial charge in [-0.15, -0.1) is 11.5 Å². The second kappa shape index (κ2) is 8.62. The summed E-state index contributed by atoms with van der Waals surface area (Å²) in [6, 6.07) is 12.8. The maximum absolute atomic E-state index is 12.4. The molecule has 0 aromatic heterocycles. The maximum Gasteiger partial charge on any atom is 0.327 e. The van der Waals surface area contributed by atoms with E-state index in [2.05, 4.69) is 50.6 Å². The zero-order valence-electron chi connectivity index (χ0n) is 17.3. The highest BCUT2D eigenvalue weighted by molar-refractivity contribution is 6.87. The molecule has 0 heterocycles. The van der Waals surface area contributed by atoms with Gasteiger partial charge in [0, 0.05) is 6.42 Å². The van der Waals surface area contributed by atoms with Crippen molar-refractivity contribution in [1.29, 1.82) is 0 Å². The van der Waals surface area contributed by atoms with Gasteiger partial charge < -0.3 is 10.4 Å². The van der Waals surface area contributed by atoms with E-state index in [1.807, 2.05) is 42.5 Å². The Balaban J connectivity index is 2.03. The lowest BCUT2D eigenvalue weighted by atomic mass is 10.0. The summed E-state index contributed by atoms with van der Waals surface area (Å²) >= 11 is 0. The molecule has 0 aliphatic carbocycles. The number of amides is 1. The fourth-order valence-electron chi connectivity index (χ4n) is 2.54. The van der Waals surface area contributed by atoms with Crippen LogP contribution >= 0.6 is 0 Å². The predicted octanol–water partition coefficient (Wildman–Crippen LogP) is 4.39. The SMILES string of the molecule is CC(C)(C)[Si](C)(C)C#CC[C@@H](NC(=O)Cc1ccc2ccccc2c1)C(=O)O. The molecule has 0 saturated carbocycles. The number of carboxylic acid groups (broad SMARTS) is 1. The molecule has 2 N–H and O–H groups in total. The van der Waals surface area contributed by atoms with Crippen molar-refractivity contribution < 1.29 is 14.7 Å². The standard InChI is InChI=1S/C23H29NO3Si/c1-23(2,3)28(4,5)14-8-11-20(22(26)27)24-21(25)16-17-12-13-18-9-6-7-10-19(18)15-17/h6-7,9-10,12-13,15,20H,11,16H2,1-5H3,(H,24,25)(H,26,27)/t20-/m1/s1. The predicted molar refractivity (Wildman–Crippen MR) is 117 cm³/mol. The zero-order valence-corrected chi connectivity index (χ0v) is 18.3. The smallest absolute Gasteiger partial charge is 0.327 e. The molecule has 0 saturated heterocycles. The first-order valence-corrected chi connectivity index (χ1v) is 12.5. The number of nitrogens with one attached hydrogen (secondary N) is 1. The minimum absolute atomic E-state index is 0.109. The van der Waals surface area contributed by atoms with E-state index in [0.29, 0.717) is 0 Å². The van der Waals surface area contributed by atoms with Gasteiger partial charge in [-0.2, -0.15) is 0 Å². The van der Waals surface area contributed by atoms with Crippen LogP contribution in [-0.2, 0) is 16.0 Å². The molecule has 0 bridgehead atoms. The van der Waals surface area contributed by atoms with E-state index in [1.165, 1.54) is 0 Å². The van der Waals surface area contributed by atoms with Crippen LogP contribution in [0.1, 0.15) is 32.8 Å². The number of carboxylic acids is 1. The van der Waals surface area contributed by atoms with E-state index in [9.17, 15) is 14.7 Å². The third-order valence-corrected chi connectivity index (χ3v) is 9.95. The molecule has 5 heteroatoms. The molecule has 1 atom stereocenters. The van der Waals surface area contributed by atoms with Crippen LogP contribution < -0.4 is 5.32 Å². The van der Waals surface area contributed by atoms with Crippen molar-refractivity contribution in [3.63, 3.8) is 0 Å². The van der Waals surface area contributed by atoms with Crippen LogP contribution in [0.3, 0.4) is 0 Å². The summed E-state index contributed by atoms with van der Waals surface area (Å²) in [6.45, 7) is 10.8. The first-order chi connectivity index (χ1) is 13.0. The maximum atomic E-state index is 12.4. The first-order valence-electron chi connectivity index (χ1n) is 9.49. The van der Waals surface area contributed by atoms with Gasteiger partial charge in [0.1, 0.15) is 14.1 Å². The lowest BCUT2D eigenvalue weighted by Gasteiger charge is -2.31. The quantitative estimate of drug-likeness (QED) is 0.583. The molecule has 148 valence electrons. The van der Waals surface area contributed by atoms with Gasteiger partial charge in [0.05, 0.1) is 6.42 Å². The molecule has 28 heavy (non-hydrogen) atoms. The molecule has 2 rings (SSSR count). The molecule has 2 aromatic carbocycles. The third-order valence-electron chi connectivity index (χ3n) is 5.39. The molecule has 0 spiro atoms. The van der Waals surface area contributed by atoms with Crippen molar-refractivity contribution >= 4 is 30.7 Å². The fraction of sp³-hybridized carbons (Fsp3) is 0.391. The van der Waals surface area contributed by atoms with Crippen LogP contribution in [0, 0.1) is 11.5 Å². The van der Waals surface area contributed by atoms with Crippen molar-refractivity contribution in [3.8, 4) is 11.5 Å². The van der Waals surface area contributed by atoms with Crippen LogP contribution in [0.4, 0.5) is 0 Å². The highest BCUT2D eigenvalue weighted by atomic mass is 28.3. The second-order valence-electron chi connectivity index (χ2n) is 8.70. The summed E-state index contributed by atoms with van der Waals surface area (Å²) in [4.78, 5) is 23.9. The Kier molecular flexibility index (Phi) is 6.68. The van der Waals surface area contributed by atoms with Crippen LogP contribution in [0.2, 0.25) is 18.1 Å². The van der Waals surface area contributed by atoms with Crippen molar-refractivity contribution in [2.75, 3.05) is 0 Å². The van der Waals surface area contributed by atoms with Gasteiger partial charge in [-0.25, -0.2) is 4.79 Å². The topological polar surface area (TPSA) is 66.4 Å². The van der Waals surface area contributed by atoms with E-state index >= 15 is 0 Å². The molecule has 0 aliphatic heterocycles. The van der Waals surface area contributed by atoms with Gasteiger partial charge in [0.25, 0.3) is 0 Å². The summed E-state index contributed by atoms with van der Waals surface area (Å²) in [5.41, 5.74) is 4.16. The molecular weight excluding hydrogens is 366 g/mol. The summed E-state index contributed by atoms with van der Waals surface area (Å²) in [5.74, 6) is 1.66. The van der Waals surface area contributed by atoms with Gasteiger partial charge in [-0.3, -0.25) is 4.79 Å². The largest absolute Gasteiger partial charge is 0.480 e. The van der Waals surface area contributed by atoms with Gasteiger partial charge in [0.2, 0.25) is 5.91 Å². The Morgan fingerprint density at radius 3 is 2.36 bits per heavy atom. The lowest BCUT2D eigenvalue weighted by molar-refractivity contribution is -0.141. The molecule has 1 amide bonds. The highest BCUT2D eigenvalue weighted by Crippen LogP contribution is 2.35. The average molecular weight is 396 g/mol. The van der Waals surface area contributed by atoms with Crippen molar-refractivity contribution in [3.05, 3.63) is 48.0 Å². The van der Waals surface area contributed by atoms with Crippen LogP contribution in [0.15, 0.2) is 42.5 Å². The summed E-state index contributed by atoms with van der Waals surface area (Å²) < 4.78 is 0. The monoisotopic (exact) mass is 395 g/mol. The molecular formula is C23H29NO3Si. The molecule has 0 radical (unpaired) electrons. The molecule has 0 aliphatic rings. The van der Waals surface area contributed by atoms with Gasteiger partial charge in [-0.1, -0.05) is 76.3 Å². The zero-order chi connectivity index (χ0) is 20.9. The number of benzene rings is 2. The van der Waals surface area contributed by atoms with Crippen molar-refractivity contribution in [2.24, 2.45) is 0 Å². The first kappa shape index (κ1) is 21.7. The Morgan fingerprint density at radius 1 is 1.11 bits per heavy atom. The highest BCUT2D eigenvalue weighted by Gasteiger charge is 2.33. The molecule has 4 nitrogen and oxygen atoms in total. The van der Waals surface area contributed by atoms with Crippen LogP contribution in [0.25, 0.3) is 10.8 Å². The lowest BCUT2D eigenvalue weighted by Crippen LogP contribution is -2.41. The summed E-state index contributed by atoms with van der Waals surface area (Å²) in [6.07, 6.45) is 0.260. The second-order valence-corrected chi connectivity index (χ2v) is 13.7. The molecule has 0 fully saturated rings. The van der Waals surface area contributed by atoms with E-state index in [1.54, 1.807) is 0 Å². The van der Waals surface area contributed by atoms with Crippen molar-refractivity contribution in [2.45, 2.75) is 57.8 Å². The Labute approximate surface area is 168 Å². The number of hydrogen-bond donors (Lipinski definition) is 2. The molecule has 0 unspecified atom stereocenters. The Morgan fingerprint density at radius 2 is 1.75 bits per heavy atom. The van der Waals surface area contributed by atoms with Gasteiger partial charge in [0.15, 0.2) is 0 Å². The number of carbonyl (C=O) groups is 2. The van der Waals surface area contributed by atoms with E-state index in [-0.39, 0.29) is 23.8 Å². The Hall–Kier alpha value is -2.58. The van der Waals surface area contributed by atoms with Crippen LogP contribution in [-0.4, -0.2) is 31.1 Å². The van der Waals surface area contributed by atoms with E-state index in [0.717, 1.165) is 16.3 Å². The summed E-state index contributed by atoms with van der Waals surface area (Å²) in [7, 11) is -1.80. The van der Waals surface area contributed by atoms with Crippen molar-refractivity contribution in [1.82, 2.24) is 5.32 Å². The number of aliphatic carboxylic acids is 1. The third kappa shape index (κ3) is 5.70. The van der Waals surface area contributed by atoms with Crippen LogP contribution in [0.5, 0.6) is 0 Å². The van der Waals surface area contributed by atoms with E-state index in [4.69, 9.17) is 0 Å². The number of fused-ring (bicyclic) bond motifs is 1. The number of carbonyl (C=O) groups excluding carboxylic acids is 1. The van der Waals surface area contributed by atoms with E-state index < -0.39 is 20.1 Å². The normalized spacial score (nSPS) is 12.8. The minimum Gasteiger partial charge on any atom is -0.480 e. The van der Waals surface area contributed by atoms with Gasteiger partial charge in [-0.05, 0) is 21.4 Å².